The molecule has 4 rings (SSSR count). The highest BCUT2D eigenvalue weighted by molar-refractivity contribution is 5.39. The predicted octanol–water partition coefficient (Wildman–Crippen LogP) is 8.34. The van der Waals surface area contributed by atoms with Crippen molar-refractivity contribution in [2.75, 3.05) is 0 Å². The molecule has 0 bridgehead atoms. The van der Waals surface area contributed by atoms with Gasteiger partial charge in [0.1, 0.15) is 0 Å². The molecular weight excluding hydrogens is 376 g/mol. The number of allylic oxidation sites excluding steroid dienone is 4. The molecule has 0 aromatic rings. The second-order valence-corrected chi connectivity index (χ2v) is 13.7. The largest absolute Gasteiger partial charge is 0.393 e. The Balaban J connectivity index is 1.66. The maximum atomic E-state index is 10.8. The topological polar surface area (TPSA) is 20.2 Å². The fourth-order valence-electron chi connectivity index (χ4n) is 9.26. The third-order valence-corrected chi connectivity index (χ3v) is 11.5. The Kier molecular flexibility index (Phi) is 5.90. The number of fused-ring (bicyclic) bond motifs is 4. The average Bonchev–Trinajstić information content (AvgIpc) is 2.96. The second kappa shape index (κ2) is 7.75. The van der Waals surface area contributed by atoms with Gasteiger partial charge in [0, 0.05) is 0 Å². The lowest BCUT2D eigenvalue weighted by molar-refractivity contribution is -0.0960. The van der Waals surface area contributed by atoms with Crippen molar-refractivity contribution in [3.05, 3.63) is 23.3 Å². The van der Waals surface area contributed by atoms with Gasteiger partial charge in [-0.3, -0.25) is 0 Å². The smallest absolute Gasteiger partial charge is 0.0594 e. The van der Waals surface area contributed by atoms with Gasteiger partial charge in [0.15, 0.2) is 0 Å². The van der Waals surface area contributed by atoms with Crippen LogP contribution in [0.5, 0.6) is 0 Å². The zero-order chi connectivity index (χ0) is 22.8. The number of aliphatic hydroxyl groups excluding tert-OH is 1. The monoisotopic (exact) mass is 426 g/mol. The van der Waals surface area contributed by atoms with E-state index in [1.165, 1.54) is 51.4 Å². The minimum atomic E-state index is -0.133. The van der Waals surface area contributed by atoms with Gasteiger partial charge in [-0.25, -0.2) is 0 Å². The molecule has 2 saturated carbocycles. The van der Waals surface area contributed by atoms with E-state index in [-0.39, 0.29) is 11.5 Å². The summed E-state index contributed by atoms with van der Waals surface area (Å²) in [7, 11) is 0. The molecule has 1 N–H and O–H groups in total. The molecule has 31 heavy (non-hydrogen) atoms. The first-order chi connectivity index (χ1) is 14.4. The summed E-state index contributed by atoms with van der Waals surface area (Å²) in [5, 5.41) is 10.8. The maximum Gasteiger partial charge on any atom is 0.0594 e. The van der Waals surface area contributed by atoms with Gasteiger partial charge >= 0.3 is 0 Å². The van der Waals surface area contributed by atoms with Gasteiger partial charge in [-0.1, -0.05) is 78.7 Å². The average molecular weight is 427 g/mol. The van der Waals surface area contributed by atoms with E-state index in [1.807, 2.05) is 11.1 Å². The quantitative estimate of drug-likeness (QED) is 0.448. The standard InChI is InChI=1S/C30H50O/c1-20(2)10-9-11-21(3)22-14-18-30(8)24-12-13-25-27(4,5)26(31)16-17-28(25,6)23(24)15-19-29(22,30)7/h9,11,20-22,25-26,31H,10,12-19H2,1-8H3/b11-9+/t21-,22-,25+,26-,28+,29-,30+/m0/s1. The first kappa shape index (κ1) is 23.6. The molecule has 0 aliphatic heterocycles. The van der Waals surface area contributed by atoms with Crippen LogP contribution in [0.15, 0.2) is 23.3 Å². The van der Waals surface area contributed by atoms with Gasteiger partial charge in [0.05, 0.1) is 6.10 Å². The summed E-state index contributed by atoms with van der Waals surface area (Å²) in [5.41, 5.74) is 4.86. The lowest BCUT2D eigenvalue weighted by Gasteiger charge is -2.62. The van der Waals surface area contributed by atoms with Crippen LogP contribution in [0.25, 0.3) is 0 Å². The number of aliphatic hydroxyl groups is 1. The summed E-state index contributed by atoms with van der Waals surface area (Å²) < 4.78 is 0. The minimum Gasteiger partial charge on any atom is -0.393 e. The zero-order valence-electron chi connectivity index (χ0n) is 21.9. The third kappa shape index (κ3) is 3.34. The molecule has 0 amide bonds. The minimum absolute atomic E-state index is 0.0428. The van der Waals surface area contributed by atoms with E-state index >= 15 is 0 Å². The first-order valence-electron chi connectivity index (χ1n) is 13.5. The second-order valence-electron chi connectivity index (χ2n) is 13.7. The molecule has 2 fully saturated rings. The molecule has 1 heteroatoms. The fraction of sp³-hybridized carbons (Fsp3) is 0.867. The molecule has 7 atom stereocenters. The van der Waals surface area contributed by atoms with E-state index in [0.29, 0.717) is 28.1 Å². The van der Waals surface area contributed by atoms with Gasteiger partial charge in [0.25, 0.3) is 0 Å². The summed E-state index contributed by atoms with van der Waals surface area (Å²) in [5.74, 6) is 2.88. The summed E-state index contributed by atoms with van der Waals surface area (Å²) in [6, 6.07) is 0. The normalized spacial score (nSPS) is 45.5. The summed E-state index contributed by atoms with van der Waals surface area (Å²) in [6.07, 6.45) is 16.2. The van der Waals surface area contributed by atoms with E-state index in [1.54, 1.807) is 0 Å². The van der Waals surface area contributed by atoms with Crippen LogP contribution in [0.3, 0.4) is 0 Å². The lowest BCUT2D eigenvalue weighted by Crippen LogP contribution is -2.55. The highest BCUT2D eigenvalue weighted by atomic mass is 16.3. The highest BCUT2D eigenvalue weighted by Gasteiger charge is 2.63. The summed E-state index contributed by atoms with van der Waals surface area (Å²) in [6.45, 7) is 19.7. The molecule has 0 heterocycles. The molecule has 0 unspecified atom stereocenters. The van der Waals surface area contributed by atoms with Crippen LogP contribution in [-0.4, -0.2) is 11.2 Å². The van der Waals surface area contributed by atoms with Crippen LogP contribution in [0.1, 0.15) is 113 Å². The Hall–Kier alpha value is -0.560. The van der Waals surface area contributed by atoms with Crippen molar-refractivity contribution in [1.29, 1.82) is 0 Å². The molecule has 0 radical (unpaired) electrons. The predicted molar refractivity (Wildman–Crippen MR) is 133 cm³/mol. The maximum absolute atomic E-state index is 10.8. The van der Waals surface area contributed by atoms with Crippen molar-refractivity contribution >= 4 is 0 Å². The van der Waals surface area contributed by atoms with E-state index in [2.05, 4.69) is 67.5 Å². The molecule has 0 spiro atoms. The fourth-order valence-corrected chi connectivity index (χ4v) is 9.26. The van der Waals surface area contributed by atoms with Crippen molar-refractivity contribution in [2.45, 2.75) is 119 Å². The van der Waals surface area contributed by atoms with Crippen LogP contribution in [-0.2, 0) is 0 Å². The van der Waals surface area contributed by atoms with Crippen LogP contribution in [0, 0.1) is 45.3 Å². The Bertz CT molecular complexity index is 756. The van der Waals surface area contributed by atoms with Gasteiger partial charge < -0.3 is 5.11 Å². The van der Waals surface area contributed by atoms with Crippen molar-refractivity contribution in [3.8, 4) is 0 Å². The van der Waals surface area contributed by atoms with Crippen LogP contribution in [0.2, 0.25) is 0 Å². The number of rotatable bonds is 4. The van der Waals surface area contributed by atoms with Crippen molar-refractivity contribution < 1.29 is 5.11 Å². The molecule has 176 valence electrons. The Morgan fingerprint density at radius 1 is 0.903 bits per heavy atom. The Morgan fingerprint density at radius 2 is 1.61 bits per heavy atom. The van der Waals surface area contributed by atoms with Crippen LogP contribution < -0.4 is 0 Å². The summed E-state index contributed by atoms with van der Waals surface area (Å²) >= 11 is 0. The molecule has 0 saturated heterocycles. The molecule has 0 aromatic carbocycles. The summed E-state index contributed by atoms with van der Waals surface area (Å²) in [4.78, 5) is 0. The van der Waals surface area contributed by atoms with E-state index < -0.39 is 0 Å². The molecule has 4 aliphatic rings. The third-order valence-electron chi connectivity index (χ3n) is 11.5. The lowest BCUT2D eigenvalue weighted by atomic mass is 9.43. The number of hydrogen-bond acceptors (Lipinski definition) is 1. The Morgan fingerprint density at radius 3 is 2.29 bits per heavy atom. The van der Waals surface area contributed by atoms with Gasteiger partial charge in [-0.05, 0) is 103 Å². The van der Waals surface area contributed by atoms with Crippen molar-refractivity contribution in [2.24, 2.45) is 45.3 Å². The number of hydrogen-bond donors (Lipinski definition) is 1. The van der Waals surface area contributed by atoms with Crippen molar-refractivity contribution in [3.63, 3.8) is 0 Å². The SMILES string of the molecule is CC(C)C/C=C/[C@H](C)[C@@H]1CC[C@]2(C)C3=C(CC[C@@]12C)[C@@]1(C)CC[C@H](O)C(C)(C)[C@H]1CC3. The molecule has 4 aliphatic carbocycles. The van der Waals surface area contributed by atoms with E-state index in [4.69, 9.17) is 0 Å². The van der Waals surface area contributed by atoms with Crippen molar-refractivity contribution in [1.82, 2.24) is 0 Å². The highest BCUT2D eigenvalue weighted by Crippen LogP contribution is 2.72. The molecule has 1 nitrogen and oxygen atoms in total. The first-order valence-corrected chi connectivity index (χ1v) is 13.5. The molecule has 0 aromatic heterocycles. The van der Waals surface area contributed by atoms with Gasteiger partial charge in [-0.2, -0.15) is 0 Å². The van der Waals surface area contributed by atoms with Gasteiger partial charge in [0.2, 0.25) is 0 Å². The van der Waals surface area contributed by atoms with E-state index in [9.17, 15) is 5.11 Å². The van der Waals surface area contributed by atoms with Gasteiger partial charge in [-0.15, -0.1) is 0 Å². The van der Waals surface area contributed by atoms with E-state index in [0.717, 1.165) is 18.3 Å². The zero-order valence-corrected chi connectivity index (χ0v) is 21.9. The van der Waals surface area contributed by atoms with Crippen LogP contribution >= 0.6 is 0 Å². The van der Waals surface area contributed by atoms with Crippen LogP contribution in [0.4, 0.5) is 0 Å². The Labute approximate surface area is 193 Å². The molecular formula is C30H50O.